The number of rotatable bonds is 20. The molecule has 0 aliphatic carbocycles. The Bertz CT molecular complexity index is 2030. The summed E-state index contributed by atoms with van der Waals surface area (Å²) in [5, 5.41) is 20.2. The van der Waals surface area contributed by atoms with Crippen LogP contribution in [-0.4, -0.2) is 91.8 Å². The minimum atomic E-state index is -4.40. The van der Waals surface area contributed by atoms with E-state index in [1.54, 1.807) is 6.07 Å². The molecule has 7 N–H and O–H groups in total. The highest BCUT2D eigenvalue weighted by atomic mass is 32.2. The van der Waals surface area contributed by atoms with E-state index in [0.29, 0.717) is 13.0 Å². The van der Waals surface area contributed by atoms with E-state index in [2.05, 4.69) is 72.3 Å². The maximum atomic E-state index is 12.2. The number of hydrazine groups is 1. The Morgan fingerprint density at radius 1 is 0.881 bits per heavy atom. The third-order valence-electron chi connectivity index (χ3n) is 9.55. The number of nitrogens with one attached hydrogen (secondary N) is 4. The smallest absolute Gasteiger partial charge is 0.331 e. The van der Waals surface area contributed by atoms with Crippen molar-refractivity contribution in [1.82, 2.24) is 21.8 Å². The summed E-state index contributed by atoms with van der Waals surface area (Å²) in [5.41, 5.74) is 14.3. The fourth-order valence-electron chi connectivity index (χ4n) is 6.76. The number of fused-ring (bicyclic) bond motifs is 2. The molecule has 0 saturated carbocycles. The van der Waals surface area contributed by atoms with Crippen molar-refractivity contribution in [2.45, 2.75) is 80.9 Å². The maximum absolute atomic E-state index is 12.2. The first-order valence-electron chi connectivity index (χ1n) is 18.7. The highest BCUT2D eigenvalue weighted by molar-refractivity contribution is 7.94. The van der Waals surface area contributed by atoms with Crippen molar-refractivity contribution >= 4 is 57.0 Å². The van der Waals surface area contributed by atoms with Crippen LogP contribution in [0.1, 0.15) is 71.4 Å². The number of hydrogen-bond acceptors (Lipinski definition) is 14. The Labute approximate surface area is 349 Å². The molecule has 0 fully saturated rings. The Kier molecular flexibility index (Phi) is 18.9. The Hall–Kier alpha value is -4.48. The number of hydroxylamine groups is 2. The van der Waals surface area contributed by atoms with Crippen LogP contribution in [0.4, 0.5) is 11.4 Å². The number of allylic oxidation sites excluding steroid dienone is 6. The van der Waals surface area contributed by atoms with Gasteiger partial charge in [0.2, 0.25) is 11.6 Å². The van der Waals surface area contributed by atoms with Crippen LogP contribution in [0.5, 0.6) is 0 Å². The summed E-state index contributed by atoms with van der Waals surface area (Å²) < 4.78 is 40.6. The van der Waals surface area contributed by atoms with Gasteiger partial charge in [-0.2, -0.15) is 13.0 Å². The molecule has 0 radical (unpaired) electrons. The van der Waals surface area contributed by atoms with Crippen LogP contribution in [0.15, 0.2) is 82.3 Å². The molecule has 18 nitrogen and oxygen atoms in total. The van der Waals surface area contributed by atoms with Crippen LogP contribution in [0.3, 0.4) is 0 Å². The largest absolute Gasteiger partial charge is 0.479 e. The number of anilines is 1. The molecule has 59 heavy (non-hydrogen) atoms. The Morgan fingerprint density at radius 2 is 1.58 bits per heavy atom. The zero-order valence-electron chi connectivity index (χ0n) is 34.2. The van der Waals surface area contributed by atoms with E-state index in [1.807, 2.05) is 56.4 Å². The molecule has 0 atom stereocenters. The number of benzene rings is 2. The minimum Gasteiger partial charge on any atom is -0.479 e. The van der Waals surface area contributed by atoms with E-state index < -0.39 is 27.4 Å². The van der Waals surface area contributed by atoms with Gasteiger partial charge in [0.25, 0.3) is 16.0 Å². The van der Waals surface area contributed by atoms with E-state index in [9.17, 15) is 27.4 Å². The average Bonchev–Trinajstić information content (AvgIpc) is 3.54. The van der Waals surface area contributed by atoms with Crippen LogP contribution in [-0.2, 0) is 54.4 Å². The molecule has 2 amide bonds. The molecule has 0 saturated heterocycles. The zero-order valence-corrected chi connectivity index (χ0v) is 35.9. The first kappa shape index (κ1) is 48.9. The third kappa shape index (κ3) is 13.5. The number of aliphatic carboxylic acids is 1. The zero-order chi connectivity index (χ0) is 43.8. The van der Waals surface area contributed by atoms with Crippen molar-refractivity contribution in [3.8, 4) is 0 Å². The summed E-state index contributed by atoms with van der Waals surface area (Å²) in [4.78, 5) is 45.3. The number of hydrogen-bond donors (Lipinski definition) is 7. The topological polar surface area (TPSA) is 237 Å². The molecule has 0 bridgehead atoms. The summed E-state index contributed by atoms with van der Waals surface area (Å²) in [5.74, 6) is -1.77. The summed E-state index contributed by atoms with van der Waals surface area (Å²) in [7, 11) is -1.37. The van der Waals surface area contributed by atoms with Crippen molar-refractivity contribution in [3.63, 3.8) is 0 Å². The lowest BCUT2D eigenvalue weighted by Gasteiger charge is -2.25. The van der Waals surface area contributed by atoms with E-state index in [0.717, 1.165) is 70.2 Å². The Balaban J connectivity index is 0.00000122. The van der Waals surface area contributed by atoms with Gasteiger partial charge in [-0.1, -0.05) is 37.1 Å². The number of carboxylic acid groups (broad SMARTS) is 1. The summed E-state index contributed by atoms with van der Waals surface area (Å²) >= 11 is 0.928. The quantitative estimate of drug-likeness (QED) is 0.0183. The normalized spacial score (nSPS) is 16.0. The molecule has 4 rings (SSSR count). The fraction of sp³-hybridized carbons (Fsp3) is 0.436. The second-order valence-corrected chi connectivity index (χ2v) is 16.4. The van der Waals surface area contributed by atoms with Crippen molar-refractivity contribution in [3.05, 3.63) is 83.6 Å². The van der Waals surface area contributed by atoms with Crippen molar-refractivity contribution in [1.29, 1.82) is 0 Å². The molecule has 0 unspecified atom stereocenters. The minimum absolute atomic E-state index is 0.160. The van der Waals surface area contributed by atoms with Gasteiger partial charge in [-0.25, -0.2) is 21.0 Å². The molecule has 2 aliphatic heterocycles. The predicted molar refractivity (Wildman–Crippen MR) is 221 cm³/mol. The first-order valence-corrected chi connectivity index (χ1v) is 20.9. The van der Waals surface area contributed by atoms with Gasteiger partial charge in [-0.05, 0) is 75.6 Å². The van der Waals surface area contributed by atoms with Crippen molar-refractivity contribution < 1.29 is 61.3 Å². The molecule has 2 heterocycles. The predicted octanol–water partition coefficient (Wildman–Crippen LogP) is 4.63. The van der Waals surface area contributed by atoms with Gasteiger partial charge in [0.1, 0.15) is 13.2 Å². The van der Waals surface area contributed by atoms with E-state index in [-0.39, 0.29) is 35.9 Å². The molecule has 324 valence electrons. The van der Waals surface area contributed by atoms with Gasteiger partial charge in [0.05, 0.1) is 22.4 Å². The lowest BCUT2D eigenvalue weighted by molar-refractivity contribution is -0.438. The van der Waals surface area contributed by atoms with Crippen molar-refractivity contribution in [2.75, 3.05) is 45.3 Å². The highest BCUT2D eigenvalue weighted by Gasteiger charge is 2.45. The van der Waals surface area contributed by atoms with Crippen LogP contribution in [0, 0.1) is 0 Å². The van der Waals surface area contributed by atoms with Crippen LogP contribution in [0.2, 0.25) is 0 Å². The number of amides is 2. The van der Waals surface area contributed by atoms with Crippen LogP contribution >= 0.6 is 12.0 Å². The maximum Gasteiger partial charge on any atom is 0.331 e. The van der Waals surface area contributed by atoms with Crippen LogP contribution in [0.25, 0.3) is 0 Å². The molecular weight excluding hydrogens is 809 g/mol. The van der Waals surface area contributed by atoms with Gasteiger partial charge in [0, 0.05) is 72.9 Å². The molecule has 0 aromatic heterocycles. The van der Waals surface area contributed by atoms with Gasteiger partial charge < -0.3 is 10.0 Å². The summed E-state index contributed by atoms with van der Waals surface area (Å²) in [6.45, 7) is 11.3. The van der Waals surface area contributed by atoms with E-state index >= 15 is 0 Å². The summed E-state index contributed by atoms with van der Waals surface area (Å²) in [6.07, 6.45) is 12.4. The number of carbonyl (C=O) groups excluding carboxylic acids is 2. The van der Waals surface area contributed by atoms with E-state index in [1.165, 1.54) is 26.2 Å². The molecule has 0 spiro atoms. The number of unbranched alkanes of at least 4 members (excludes halogenated alkanes) is 2. The van der Waals surface area contributed by atoms with E-state index in [4.69, 9.17) is 15.2 Å². The highest BCUT2D eigenvalue weighted by Crippen LogP contribution is 2.49. The van der Waals surface area contributed by atoms with Gasteiger partial charge in [0.15, 0.2) is 12.3 Å². The SMILES string of the molecule is CCN1C(=CC=CC=CC2=[N+](CCCCCC(=O)NNC(=O)CONC)c3ccc(S(=O)(=O)O)cc3C2(C)C)C(C)(C)c2cc(SOOO)ccc21.CNOCC(=O)O. The molecule has 2 aliphatic rings. The number of nitrogens with zero attached hydrogens (tertiary/aromatic N) is 2. The second-order valence-electron chi connectivity index (χ2n) is 14.2. The Morgan fingerprint density at radius 3 is 2.20 bits per heavy atom. The molecular formula is C39H55N6O12S2+. The fourth-order valence-corrected chi connectivity index (χ4v) is 7.66. The van der Waals surface area contributed by atoms with Gasteiger partial charge in [-0.15, -0.1) is 4.33 Å². The molecule has 2 aromatic carbocycles. The first-order chi connectivity index (χ1) is 27.9. The lowest BCUT2D eigenvalue weighted by Crippen LogP contribution is -2.43. The van der Waals surface area contributed by atoms with Crippen molar-refractivity contribution in [2.24, 2.45) is 0 Å². The number of carboxylic acids is 1. The standard InChI is InChI=1S/C36H47N5O9S2.C3H7NO3/c1-7-40-29-19-17-25(51-50-49-44)22-27(29)35(2,3)31(40)14-10-8-11-15-32-36(4,5)28-23-26(52(45,46)47)18-20-30(28)41(32)21-13-9-12-16-33(42)38-39-34(43)24-48-37-6;1-4-7-2-3(5)6/h8,10-11,14-15,17-20,22-23,37H,7,9,12-13,16,21,24H2,1-6H3,(H3-,38,39,42,43,44,45,46,47);4H,2H2,1H3,(H,5,6)/p+1. The third-order valence-corrected chi connectivity index (χ3v) is 11.0. The molecule has 2 aromatic rings. The lowest BCUT2D eigenvalue weighted by atomic mass is 9.81. The van der Waals surface area contributed by atoms with Gasteiger partial charge in [-0.3, -0.25) is 34.7 Å². The second kappa shape index (κ2) is 22.8. The number of likely N-dealkylation sites (N-methyl/N-ethyl adjacent to an activating group) is 1. The monoisotopic (exact) mass is 863 g/mol. The average molecular weight is 864 g/mol. The van der Waals surface area contributed by atoms with Gasteiger partial charge >= 0.3 is 5.97 Å². The summed E-state index contributed by atoms with van der Waals surface area (Å²) in [6, 6.07) is 10.6. The number of carbonyl (C=O) groups is 3. The van der Waals surface area contributed by atoms with Crippen LogP contribution < -0.4 is 26.7 Å². The molecule has 20 heteroatoms.